The smallest absolute Gasteiger partial charge is 0.309 e. The van der Waals surface area contributed by atoms with Crippen LogP contribution in [0.1, 0.15) is 32.0 Å². The molecule has 0 aliphatic rings. The van der Waals surface area contributed by atoms with Gasteiger partial charge in [0.15, 0.2) is 5.13 Å². The molecular formula is C17H22N2O3S. The summed E-state index contributed by atoms with van der Waals surface area (Å²) in [6.07, 6.45) is -0.0480. The zero-order chi connectivity index (χ0) is 16.9. The highest BCUT2D eigenvalue weighted by atomic mass is 32.1. The van der Waals surface area contributed by atoms with E-state index in [0.717, 1.165) is 5.75 Å². The van der Waals surface area contributed by atoms with Gasteiger partial charge in [0.2, 0.25) is 0 Å². The van der Waals surface area contributed by atoms with E-state index in [1.165, 1.54) is 16.9 Å². The first kappa shape index (κ1) is 17.3. The topological polar surface area (TPSA) is 71.5 Å². The number of anilines is 1. The summed E-state index contributed by atoms with van der Waals surface area (Å²) in [4.78, 5) is 14.9. The second-order valence-electron chi connectivity index (χ2n) is 6.24. The van der Waals surface area contributed by atoms with Gasteiger partial charge >= 0.3 is 5.97 Å². The van der Waals surface area contributed by atoms with Crippen LogP contribution >= 0.6 is 11.3 Å². The molecule has 0 aliphatic carbocycles. The normalized spacial score (nSPS) is 11.3. The van der Waals surface area contributed by atoms with Gasteiger partial charge in [0.1, 0.15) is 12.4 Å². The minimum Gasteiger partial charge on any atom is -0.491 e. The number of hydrogen-bond donors (Lipinski definition) is 2. The molecule has 0 radical (unpaired) electrons. The van der Waals surface area contributed by atoms with Gasteiger partial charge in [0.25, 0.3) is 0 Å². The summed E-state index contributed by atoms with van der Waals surface area (Å²) < 4.78 is 5.88. The number of ether oxygens (including phenoxy) is 1. The number of thiazole rings is 1. The lowest BCUT2D eigenvalue weighted by atomic mass is 9.86. The third-order valence-electron chi connectivity index (χ3n) is 3.22. The first-order valence-electron chi connectivity index (χ1n) is 7.48. The fraction of sp³-hybridized carbons (Fsp3) is 0.412. The van der Waals surface area contributed by atoms with Gasteiger partial charge in [0, 0.05) is 5.38 Å². The molecule has 1 aromatic carbocycles. The molecule has 23 heavy (non-hydrogen) atoms. The molecule has 2 aromatic rings. The molecule has 2 rings (SSSR count). The molecule has 0 saturated carbocycles. The number of nitrogens with zero attached hydrogens (tertiary/aromatic N) is 1. The molecule has 0 bridgehead atoms. The van der Waals surface area contributed by atoms with Crippen LogP contribution in [-0.4, -0.2) is 29.2 Å². The van der Waals surface area contributed by atoms with E-state index in [0.29, 0.717) is 24.0 Å². The van der Waals surface area contributed by atoms with Crippen molar-refractivity contribution in [3.63, 3.8) is 0 Å². The number of carbonyl (C=O) groups is 1. The predicted molar refractivity (Wildman–Crippen MR) is 92.6 cm³/mol. The first-order valence-corrected chi connectivity index (χ1v) is 8.36. The lowest BCUT2D eigenvalue weighted by Gasteiger charge is -2.22. The van der Waals surface area contributed by atoms with Crippen LogP contribution in [-0.2, 0) is 16.6 Å². The third kappa shape index (κ3) is 5.25. The number of aromatic nitrogens is 1. The van der Waals surface area contributed by atoms with Gasteiger partial charge in [-0.15, -0.1) is 11.3 Å². The van der Waals surface area contributed by atoms with E-state index in [2.05, 4.69) is 37.1 Å². The fourth-order valence-corrected chi connectivity index (χ4v) is 2.89. The zero-order valence-corrected chi connectivity index (χ0v) is 14.4. The van der Waals surface area contributed by atoms with Gasteiger partial charge in [-0.1, -0.05) is 39.0 Å². The minimum atomic E-state index is -0.871. The Morgan fingerprint density at radius 2 is 2.09 bits per heavy atom. The van der Waals surface area contributed by atoms with Crippen molar-refractivity contribution in [2.24, 2.45) is 0 Å². The summed E-state index contributed by atoms with van der Waals surface area (Å²) in [5.74, 6) is 0.0245. The summed E-state index contributed by atoms with van der Waals surface area (Å²) in [5, 5.41) is 14.4. The Morgan fingerprint density at radius 1 is 1.35 bits per heavy atom. The average molecular weight is 334 g/mol. The number of benzene rings is 1. The number of para-hydroxylation sites is 1. The highest BCUT2D eigenvalue weighted by Crippen LogP contribution is 2.30. The second kappa shape index (κ2) is 7.46. The maximum atomic E-state index is 10.6. The summed E-state index contributed by atoms with van der Waals surface area (Å²) in [7, 11) is 0. The van der Waals surface area contributed by atoms with Gasteiger partial charge in [0.05, 0.1) is 18.7 Å². The van der Waals surface area contributed by atoms with Crippen LogP contribution in [0.15, 0.2) is 29.6 Å². The van der Waals surface area contributed by atoms with E-state index >= 15 is 0 Å². The van der Waals surface area contributed by atoms with Crippen molar-refractivity contribution in [2.75, 3.05) is 18.5 Å². The van der Waals surface area contributed by atoms with Crippen LogP contribution in [0.5, 0.6) is 5.75 Å². The predicted octanol–water partition coefficient (Wildman–Crippen LogP) is 3.56. The van der Waals surface area contributed by atoms with Gasteiger partial charge in [-0.25, -0.2) is 4.98 Å². The zero-order valence-electron chi connectivity index (χ0n) is 13.6. The van der Waals surface area contributed by atoms with E-state index in [-0.39, 0.29) is 11.8 Å². The highest BCUT2D eigenvalue weighted by Gasteiger charge is 2.18. The molecule has 0 amide bonds. The van der Waals surface area contributed by atoms with Crippen molar-refractivity contribution in [1.29, 1.82) is 0 Å². The van der Waals surface area contributed by atoms with E-state index in [1.54, 1.807) is 5.38 Å². The average Bonchev–Trinajstić information content (AvgIpc) is 2.89. The number of aliphatic carboxylic acids is 1. The van der Waals surface area contributed by atoms with Gasteiger partial charge in [-0.2, -0.15) is 0 Å². The molecule has 0 spiro atoms. The largest absolute Gasteiger partial charge is 0.491 e. The molecule has 0 aliphatic heterocycles. The van der Waals surface area contributed by atoms with E-state index in [4.69, 9.17) is 9.84 Å². The van der Waals surface area contributed by atoms with Crippen LogP contribution in [0.4, 0.5) is 5.13 Å². The second-order valence-corrected chi connectivity index (χ2v) is 7.09. The van der Waals surface area contributed by atoms with Crippen molar-refractivity contribution in [3.8, 4) is 5.75 Å². The molecule has 1 aromatic heterocycles. The molecule has 0 fully saturated rings. The molecule has 0 saturated heterocycles. The monoisotopic (exact) mass is 334 g/mol. The number of carboxylic acids is 1. The van der Waals surface area contributed by atoms with Crippen molar-refractivity contribution in [2.45, 2.75) is 32.6 Å². The van der Waals surface area contributed by atoms with Crippen molar-refractivity contribution in [3.05, 3.63) is 40.9 Å². The van der Waals surface area contributed by atoms with E-state index in [1.807, 2.05) is 18.2 Å². The van der Waals surface area contributed by atoms with Gasteiger partial charge in [-0.05, 0) is 17.0 Å². The Balaban J connectivity index is 1.84. The first-order chi connectivity index (χ1) is 10.9. The Kier molecular flexibility index (Phi) is 5.60. The van der Waals surface area contributed by atoms with Crippen LogP contribution in [0.2, 0.25) is 0 Å². The summed E-state index contributed by atoms with van der Waals surface area (Å²) >= 11 is 1.40. The molecular weight excluding hydrogens is 312 g/mol. The summed E-state index contributed by atoms with van der Waals surface area (Å²) in [6.45, 7) is 7.60. The lowest BCUT2D eigenvalue weighted by molar-refractivity contribution is -0.136. The van der Waals surface area contributed by atoms with E-state index < -0.39 is 5.97 Å². The molecule has 0 atom stereocenters. The molecule has 0 unspecified atom stereocenters. The SMILES string of the molecule is CC(C)(C)c1ccccc1OCCNc1nc(CC(=O)O)cs1. The van der Waals surface area contributed by atoms with Crippen molar-refractivity contribution >= 4 is 22.4 Å². The number of carboxylic acid groups (broad SMARTS) is 1. The number of hydrogen-bond acceptors (Lipinski definition) is 5. The lowest BCUT2D eigenvalue weighted by Crippen LogP contribution is -2.16. The quantitative estimate of drug-likeness (QED) is 0.758. The Bertz CT molecular complexity index is 662. The van der Waals surface area contributed by atoms with Crippen LogP contribution in [0.25, 0.3) is 0 Å². The van der Waals surface area contributed by atoms with Gasteiger partial charge in [-0.3, -0.25) is 4.79 Å². The standard InChI is InChI=1S/C17H22N2O3S/c1-17(2,3)13-6-4-5-7-14(13)22-9-8-18-16-19-12(11-23-16)10-15(20)21/h4-7,11H,8-10H2,1-3H3,(H,18,19)(H,20,21). The Labute approximate surface area is 140 Å². The van der Waals surface area contributed by atoms with Crippen LogP contribution in [0, 0.1) is 0 Å². The maximum Gasteiger partial charge on any atom is 0.309 e. The molecule has 5 nitrogen and oxygen atoms in total. The van der Waals surface area contributed by atoms with Gasteiger partial charge < -0.3 is 15.2 Å². The fourth-order valence-electron chi connectivity index (χ4n) is 2.16. The van der Waals surface area contributed by atoms with Crippen molar-refractivity contribution < 1.29 is 14.6 Å². The van der Waals surface area contributed by atoms with Crippen LogP contribution < -0.4 is 10.1 Å². The van der Waals surface area contributed by atoms with Crippen LogP contribution in [0.3, 0.4) is 0 Å². The molecule has 1 heterocycles. The number of rotatable bonds is 7. The summed E-state index contributed by atoms with van der Waals surface area (Å²) in [5.41, 5.74) is 1.78. The third-order valence-corrected chi connectivity index (χ3v) is 4.06. The maximum absolute atomic E-state index is 10.6. The van der Waals surface area contributed by atoms with Crippen molar-refractivity contribution in [1.82, 2.24) is 4.98 Å². The Hall–Kier alpha value is -2.08. The molecule has 6 heteroatoms. The highest BCUT2D eigenvalue weighted by molar-refractivity contribution is 7.13. The molecule has 2 N–H and O–H groups in total. The molecule has 124 valence electrons. The minimum absolute atomic E-state index is 0.0328. The van der Waals surface area contributed by atoms with E-state index in [9.17, 15) is 4.79 Å². The summed E-state index contributed by atoms with van der Waals surface area (Å²) in [6, 6.07) is 8.05. The Morgan fingerprint density at radius 3 is 2.78 bits per heavy atom. The number of nitrogens with one attached hydrogen (secondary N) is 1.